The third-order valence-electron chi connectivity index (χ3n) is 6.33. The molecule has 28 heavy (non-hydrogen) atoms. The summed E-state index contributed by atoms with van der Waals surface area (Å²) in [5.41, 5.74) is 7.30. The van der Waals surface area contributed by atoms with Crippen molar-refractivity contribution in [1.29, 1.82) is 0 Å². The largest absolute Gasteiger partial charge is 0.371 e. The van der Waals surface area contributed by atoms with E-state index in [2.05, 4.69) is 68.9 Å². The first-order chi connectivity index (χ1) is 13.6. The van der Waals surface area contributed by atoms with Gasteiger partial charge in [-0.3, -0.25) is 19.9 Å². The number of fused-ring (bicyclic) bond motifs is 1. The molecule has 2 aliphatic heterocycles. The van der Waals surface area contributed by atoms with Gasteiger partial charge in [0, 0.05) is 61.1 Å². The van der Waals surface area contributed by atoms with Crippen LogP contribution in [0.15, 0.2) is 42.7 Å². The molecule has 0 saturated carbocycles. The van der Waals surface area contributed by atoms with Gasteiger partial charge in [-0.15, -0.1) is 0 Å². The number of nitrogens with zero attached hydrogens (tertiary/aromatic N) is 5. The van der Waals surface area contributed by atoms with Crippen LogP contribution in [0.5, 0.6) is 0 Å². The Morgan fingerprint density at radius 1 is 0.893 bits per heavy atom. The molecule has 0 bridgehead atoms. The van der Waals surface area contributed by atoms with Crippen molar-refractivity contribution in [3.8, 4) is 0 Å². The second-order valence-corrected chi connectivity index (χ2v) is 8.62. The van der Waals surface area contributed by atoms with Gasteiger partial charge in [-0.25, -0.2) is 0 Å². The van der Waals surface area contributed by atoms with Gasteiger partial charge in [0.25, 0.3) is 0 Å². The maximum Gasteiger partial charge on any atom is 0.0890 e. The Balaban J connectivity index is 1.27. The minimum Gasteiger partial charge on any atom is -0.371 e. The van der Waals surface area contributed by atoms with Crippen LogP contribution in [0, 0.1) is 19.3 Å². The van der Waals surface area contributed by atoms with Crippen LogP contribution in [0.3, 0.4) is 0 Å². The SMILES string of the molecule is Cc1cc(N2CC[C@]3(CCN(Cc4ccc5nccnc5c4)C3)C2)cc(C)n1. The molecule has 2 aliphatic rings. The van der Waals surface area contributed by atoms with Crippen molar-refractivity contribution in [3.05, 3.63) is 59.7 Å². The molecule has 1 atom stereocenters. The molecule has 5 rings (SSSR count). The molecule has 0 unspecified atom stereocenters. The van der Waals surface area contributed by atoms with E-state index in [9.17, 15) is 0 Å². The fraction of sp³-hybridized carbons (Fsp3) is 0.435. The highest BCUT2D eigenvalue weighted by Gasteiger charge is 2.43. The molecule has 3 aromatic rings. The number of pyridine rings is 1. The topological polar surface area (TPSA) is 45.2 Å². The fourth-order valence-electron chi connectivity index (χ4n) is 5.01. The minimum atomic E-state index is 0.432. The van der Waals surface area contributed by atoms with Gasteiger partial charge in [-0.05, 0) is 63.1 Å². The zero-order valence-electron chi connectivity index (χ0n) is 16.7. The summed E-state index contributed by atoms with van der Waals surface area (Å²) < 4.78 is 0. The Morgan fingerprint density at radius 3 is 2.46 bits per heavy atom. The van der Waals surface area contributed by atoms with Crippen molar-refractivity contribution in [2.24, 2.45) is 5.41 Å². The van der Waals surface area contributed by atoms with Crippen molar-refractivity contribution in [3.63, 3.8) is 0 Å². The van der Waals surface area contributed by atoms with Crippen molar-refractivity contribution >= 4 is 16.7 Å². The van der Waals surface area contributed by atoms with Gasteiger partial charge < -0.3 is 4.90 Å². The predicted molar refractivity (Wildman–Crippen MR) is 112 cm³/mol. The fourth-order valence-corrected chi connectivity index (χ4v) is 5.01. The highest BCUT2D eigenvalue weighted by molar-refractivity contribution is 5.74. The Hall–Kier alpha value is -2.53. The number of aryl methyl sites for hydroxylation is 2. The third kappa shape index (κ3) is 3.35. The summed E-state index contributed by atoms with van der Waals surface area (Å²) in [7, 11) is 0. The lowest BCUT2D eigenvalue weighted by Gasteiger charge is -2.26. The maximum atomic E-state index is 4.53. The van der Waals surface area contributed by atoms with Crippen LogP contribution in [-0.4, -0.2) is 46.0 Å². The lowest BCUT2D eigenvalue weighted by Crippen LogP contribution is -2.30. The molecule has 2 fully saturated rings. The van der Waals surface area contributed by atoms with Gasteiger partial charge in [0.05, 0.1) is 11.0 Å². The summed E-state index contributed by atoms with van der Waals surface area (Å²) in [5, 5.41) is 0. The number of aromatic nitrogens is 3. The average molecular weight is 374 g/mol. The van der Waals surface area contributed by atoms with Crippen LogP contribution in [0.4, 0.5) is 5.69 Å². The van der Waals surface area contributed by atoms with E-state index in [-0.39, 0.29) is 0 Å². The molecule has 144 valence electrons. The highest BCUT2D eigenvalue weighted by Crippen LogP contribution is 2.41. The predicted octanol–water partition coefficient (Wildman–Crippen LogP) is 3.74. The molecular formula is C23H27N5. The standard InChI is InChI=1S/C23H27N5/c1-17-11-20(12-18(2)26-17)28-10-6-23(16-28)5-9-27(15-23)14-19-3-4-21-22(13-19)25-8-7-24-21/h3-4,7-8,11-13H,5-6,9-10,14-16H2,1-2H3/t23-/m0/s1. The van der Waals surface area contributed by atoms with Crippen LogP contribution < -0.4 is 4.90 Å². The van der Waals surface area contributed by atoms with E-state index in [0.29, 0.717) is 5.41 Å². The van der Waals surface area contributed by atoms with Crippen molar-refractivity contribution in [1.82, 2.24) is 19.9 Å². The van der Waals surface area contributed by atoms with Crippen LogP contribution in [-0.2, 0) is 6.54 Å². The zero-order valence-corrected chi connectivity index (χ0v) is 16.7. The molecule has 5 heteroatoms. The van der Waals surface area contributed by atoms with Gasteiger partial charge in [0.15, 0.2) is 0 Å². The molecule has 0 amide bonds. The maximum absolute atomic E-state index is 4.53. The molecule has 0 aliphatic carbocycles. The number of hydrogen-bond acceptors (Lipinski definition) is 5. The van der Waals surface area contributed by atoms with E-state index in [1.54, 1.807) is 12.4 Å². The first kappa shape index (κ1) is 17.6. The van der Waals surface area contributed by atoms with E-state index in [1.807, 2.05) is 0 Å². The zero-order chi connectivity index (χ0) is 19.1. The molecule has 0 radical (unpaired) electrons. The van der Waals surface area contributed by atoms with E-state index in [4.69, 9.17) is 0 Å². The quantitative estimate of drug-likeness (QED) is 0.700. The second kappa shape index (κ2) is 6.82. The van der Waals surface area contributed by atoms with Gasteiger partial charge in [-0.2, -0.15) is 0 Å². The summed E-state index contributed by atoms with van der Waals surface area (Å²) in [6.45, 7) is 9.87. The van der Waals surface area contributed by atoms with Crippen LogP contribution in [0.25, 0.3) is 11.0 Å². The Bertz CT molecular complexity index is 997. The minimum absolute atomic E-state index is 0.432. The van der Waals surface area contributed by atoms with Crippen molar-refractivity contribution < 1.29 is 0 Å². The van der Waals surface area contributed by atoms with E-state index in [1.165, 1.54) is 37.2 Å². The summed E-state index contributed by atoms with van der Waals surface area (Å²) in [6, 6.07) is 10.9. The van der Waals surface area contributed by atoms with E-state index < -0.39 is 0 Å². The monoisotopic (exact) mass is 373 g/mol. The molecule has 1 spiro atoms. The number of anilines is 1. The Morgan fingerprint density at radius 2 is 1.64 bits per heavy atom. The van der Waals surface area contributed by atoms with Gasteiger partial charge >= 0.3 is 0 Å². The molecule has 2 aromatic heterocycles. The van der Waals surface area contributed by atoms with Crippen LogP contribution in [0.2, 0.25) is 0 Å². The summed E-state index contributed by atoms with van der Waals surface area (Å²) in [5.74, 6) is 0. The van der Waals surface area contributed by atoms with E-state index in [0.717, 1.165) is 42.1 Å². The first-order valence-corrected chi connectivity index (χ1v) is 10.2. The molecular weight excluding hydrogens is 346 g/mol. The normalized spacial score (nSPS) is 22.6. The second-order valence-electron chi connectivity index (χ2n) is 8.62. The van der Waals surface area contributed by atoms with Crippen molar-refractivity contribution in [2.45, 2.75) is 33.2 Å². The average Bonchev–Trinajstić information content (AvgIpc) is 3.28. The number of benzene rings is 1. The Labute approximate surface area is 166 Å². The lowest BCUT2D eigenvalue weighted by atomic mass is 9.86. The van der Waals surface area contributed by atoms with Gasteiger partial charge in [0.1, 0.15) is 0 Å². The van der Waals surface area contributed by atoms with E-state index >= 15 is 0 Å². The summed E-state index contributed by atoms with van der Waals surface area (Å²) >= 11 is 0. The molecule has 4 heterocycles. The smallest absolute Gasteiger partial charge is 0.0890 e. The summed E-state index contributed by atoms with van der Waals surface area (Å²) in [6.07, 6.45) is 6.10. The summed E-state index contributed by atoms with van der Waals surface area (Å²) in [4.78, 5) is 18.5. The number of rotatable bonds is 3. The van der Waals surface area contributed by atoms with Gasteiger partial charge in [0.2, 0.25) is 0 Å². The lowest BCUT2D eigenvalue weighted by molar-refractivity contribution is 0.270. The molecule has 1 aromatic carbocycles. The first-order valence-electron chi connectivity index (χ1n) is 10.2. The van der Waals surface area contributed by atoms with Crippen LogP contribution >= 0.6 is 0 Å². The third-order valence-corrected chi connectivity index (χ3v) is 6.33. The Kier molecular flexibility index (Phi) is 4.27. The molecule has 2 saturated heterocycles. The van der Waals surface area contributed by atoms with Crippen LogP contribution in [0.1, 0.15) is 29.8 Å². The van der Waals surface area contributed by atoms with Gasteiger partial charge in [-0.1, -0.05) is 6.07 Å². The molecule has 0 N–H and O–H groups in total. The molecule has 5 nitrogen and oxygen atoms in total. The number of likely N-dealkylation sites (tertiary alicyclic amines) is 1. The van der Waals surface area contributed by atoms with Crippen molar-refractivity contribution in [2.75, 3.05) is 31.1 Å². The number of hydrogen-bond donors (Lipinski definition) is 0. The highest BCUT2D eigenvalue weighted by atomic mass is 15.2.